The maximum Gasteiger partial charge on any atom is 0.0812 e. The highest BCUT2D eigenvalue weighted by molar-refractivity contribution is 7.16. The molecule has 1 aliphatic heterocycles. The van der Waals surface area contributed by atoms with Crippen LogP contribution in [0.1, 0.15) is 55.7 Å². The Labute approximate surface area is 147 Å². The lowest BCUT2D eigenvalue weighted by Crippen LogP contribution is -2.18. The second-order valence-electron chi connectivity index (χ2n) is 7.33. The Morgan fingerprint density at radius 3 is 2.79 bits per heavy atom. The molecule has 24 heavy (non-hydrogen) atoms. The molecule has 2 aromatic carbocycles. The van der Waals surface area contributed by atoms with Gasteiger partial charge < -0.3 is 5.32 Å². The van der Waals surface area contributed by atoms with Gasteiger partial charge in [-0.1, -0.05) is 39.0 Å². The number of hydrogen-bond donors (Lipinski definition) is 1. The lowest BCUT2D eigenvalue weighted by atomic mass is 9.92. The van der Waals surface area contributed by atoms with Crippen LogP contribution in [0.2, 0.25) is 0 Å². The zero-order valence-corrected chi connectivity index (χ0v) is 15.4. The lowest BCUT2D eigenvalue weighted by Gasteiger charge is -2.18. The van der Waals surface area contributed by atoms with Gasteiger partial charge in [0.25, 0.3) is 0 Å². The first-order valence-corrected chi connectivity index (χ1v) is 9.70. The minimum absolute atomic E-state index is 0.537. The van der Waals surface area contributed by atoms with Crippen LogP contribution in [-0.4, -0.2) is 11.0 Å². The van der Waals surface area contributed by atoms with E-state index in [2.05, 4.69) is 67.5 Å². The van der Waals surface area contributed by atoms with Crippen molar-refractivity contribution in [3.63, 3.8) is 0 Å². The highest BCUT2D eigenvalue weighted by atomic mass is 32.1. The third kappa shape index (κ3) is 2.93. The van der Waals surface area contributed by atoms with Crippen molar-refractivity contribution < 1.29 is 0 Å². The van der Waals surface area contributed by atoms with Crippen molar-refractivity contribution in [1.29, 1.82) is 0 Å². The molecule has 1 aromatic heterocycles. The summed E-state index contributed by atoms with van der Waals surface area (Å²) in [6.07, 6.45) is 2.30. The Balaban J connectivity index is 1.47. The molecule has 0 saturated carbocycles. The summed E-state index contributed by atoms with van der Waals surface area (Å²) in [6.45, 7) is 6.87. The largest absolute Gasteiger partial charge is 0.382 e. The molecular formula is C21H24N2S. The third-order valence-corrected chi connectivity index (χ3v) is 5.98. The maximum atomic E-state index is 4.38. The van der Waals surface area contributed by atoms with E-state index in [0.717, 1.165) is 18.4 Å². The zero-order valence-electron chi connectivity index (χ0n) is 14.5. The van der Waals surface area contributed by atoms with Gasteiger partial charge in [-0.3, -0.25) is 0 Å². The second-order valence-corrected chi connectivity index (χ2v) is 8.22. The summed E-state index contributed by atoms with van der Waals surface area (Å²) in [5.74, 6) is 1.15. The molecule has 0 bridgehead atoms. The van der Waals surface area contributed by atoms with E-state index in [9.17, 15) is 0 Å². The summed E-state index contributed by atoms with van der Waals surface area (Å²) >= 11 is 1.73. The van der Waals surface area contributed by atoms with Gasteiger partial charge in [-0.2, -0.15) is 0 Å². The van der Waals surface area contributed by atoms with Crippen molar-refractivity contribution in [2.75, 3.05) is 5.32 Å². The predicted molar refractivity (Wildman–Crippen MR) is 104 cm³/mol. The number of nitrogens with one attached hydrogen (secondary N) is 1. The third-order valence-electron chi connectivity index (χ3n) is 5.18. The fourth-order valence-electron chi connectivity index (χ4n) is 3.70. The number of anilines is 1. The van der Waals surface area contributed by atoms with Crippen LogP contribution in [0.25, 0.3) is 10.2 Å². The zero-order chi connectivity index (χ0) is 16.7. The molecule has 3 aromatic rings. The average Bonchev–Trinajstić information content (AvgIpc) is 3.18. The number of rotatable bonds is 4. The van der Waals surface area contributed by atoms with Gasteiger partial charge in [-0.25, -0.2) is 4.98 Å². The van der Waals surface area contributed by atoms with E-state index < -0.39 is 0 Å². The molecule has 124 valence electrons. The maximum absolute atomic E-state index is 4.38. The van der Waals surface area contributed by atoms with Crippen LogP contribution in [0, 0.1) is 0 Å². The van der Waals surface area contributed by atoms with Crippen LogP contribution < -0.4 is 5.32 Å². The van der Waals surface area contributed by atoms with E-state index in [1.807, 2.05) is 5.51 Å². The summed E-state index contributed by atoms with van der Waals surface area (Å²) in [5.41, 5.74) is 8.72. The molecule has 0 spiro atoms. The van der Waals surface area contributed by atoms with Crippen molar-refractivity contribution in [3.05, 3.63) is 58.6 Å². The molecule has 0 aliphatic carbocycles. The number of benzene rings is 2. The number of nitrogens with zero attached hydrogens (tertiary/aromatic N) is 1. The van der Waals surface area contributed by atoms with Crippen molar-refractivity contribution in [2.45, 2.75) is 51.5 Å². The van der Waals surface area contributed by atoms with Crippen molar-refractivity contribution in [2.24, 2.45) is 0 Å². The predicted octanol–water partition coefficient (Wildman–Crippen LogP) is 5.95. The van der Waals surface area contributed by atoms with Gasteiger partial charge in [0.1, 0.15) is 0 Å². The van der Waals surface area contributed by atoms with Gasteiger partial charge in [0, 0.05) is 11.7 Å². The molecule has 0 radical (unpaired) electrons. The first-order chi connectivity index (χ1) is 11.6. The topological polar surface area (TPSA) is 24.9 Å². The molecule has 2 unspecified atom stereocenters. The van der Waals surface area contributed by atoms with Gasteiger partial charge in [0.05, 0.1) is 15.7 Å². The molecule has 4 rings (SSSR count). The Hall–Kier alpha value is -1.87. The highest BCUT2D eigenvalue weighted by Gasteiger charge is 2.23. The van der Waals surface area contributed by atoms with E-state index in [4.69, 9.17) is 0 Å². The molecule has 1 N–H and O–H groups in total. The van der Waals surface area contributed by atoms with Crippen molar-refractivity contribution >= 4 is 27.2 Å². The Morgan fingerprint density at radius 2 is 1.96 bits per heavy atom. The van der Waals surface area contributed by atoms with Crippen molar-refractivity contribution in [1.82, 2.24) is 4.98 Å². The summed E-state index contributed by atoms with van der Waals surface area (Å²) < 4.78 is 1.29. The lowest BCUT2D eigenvalue weighted by molar-refractivity contribution is 0.593. The van der Waals surface area contributed by atoms with Crippen LogP contribution in [0.3, 0.4) is 0 Å². The summed E-state index contributed by atoms with van der Waals surface area (Å²) in [6, 6.07) is 14.2. The number of hydrogen-bond acceptors (Lipinski definition) is 3. The minimum Gasteiger partial charge on any atom is -0.382 e. The molecule has 0 fully saturated rings. The highest BCUT2D eigenvalue weighted by Crippen LogP contribution is 2.34. The smallest absolute Gasteiger partial charge is 0.0812 e. The normalized spacial score (nSPS) is 17.9. The first kappa shape index (κ1) is 15.6. The van der Waals surface area contributed by atoms with Crippen LogP contribution in [0.5, 0.6) is 0 Å². The summed E-state index contributed by atoms with van der Waals surface area (Å²) in [4.78, 5) is 4.38. The Kier molecular flexibility index (Phi) is 4.05. The van der Waals surface area contributed by atoms with E-state index in [1.165, 1.54) is 27.1 Å². The molecule has 3 heteroatoms. The van der Waals surface area contributed by atoms with Gasteiger partial charge in [0.2, 0.25) is 0 Å². The van der Waals surface area contributed by atoms with Crippen LogP contribution in [-0.2, 0) is 6.42 Å². The van der Waals surface area contributed by atoms with Gasteiger partial charge in [-0.05, 0) is 59.6 Å². The first-order valence-electron chi connectivity index (χ1n) is 8.82. The van der Waals surface area contributed by atoms with E-state index in [1.54, 1.807) is 11.3 Å². The number of fused-ring (bicyclic) bond motifs is 2. The van der Waals surface area contributed by atoms with Gasteiger partial charge in [0.15, 0.2) is 0 Å². The van der Waals surface area contributed by atoms with E-state index >= 15 is 0 Å². The average molecular weight is 337 g/mol. The second kappa shape index (κ2) is 6.21. The molecule has 0 saturated heterocycles. The van der Waals surface area contributed by atoms with Crippen LogP contribution in [0.15, 0.2) is 41.9 Å². The molecule has 2 nitrogen and oxygen atoms in total. The Bertz CT molecular complexity index is 865. The van der Waals surface area contributed by atoms with Crippen molar-refractivity contribution in [3.8, 4) is 0 Å². The molecular weight excluding hydrogens is 312 g/mol. The fraction of sp³-hybridized carbons (Fsp3) is 0.381. The van der Waals surface area contributed by atoms with Crippen LogP contribution >= 0.6 is 11.3 Å². The monoisotopic (exact) mass is 336 g/mol. The molecule has 0 amide bonds. The SMILES string of the molecule is CC(C)c1ccc2c(c1)CC(CC(C)c1ccc3ncsc3c1)N2. The molecule has 2 atom stereocenters. The van der Waals surface area contributed by atoms with Gasteiger partial charge in [-0.15, -0.1) is 11.3 Å². The number of aromatic nitrogens is 1. The fourth-order valence-corrected chi connectivity index (χ4v) is 4.43. The van der Waals surface area contributed by atoms with E-state index in [0.29, 0.717) is 17.9 Å². The van der Waals surface area contributed by atoms with E-state index in [-0.39, 0.29) is 0 Å². The standard InChI is InChI=1S/C21H24N2S/c1-13(2)15-4-6-19-17(9-15)10-18(23-19)8-14(3)16-5-7-20-21(11-16)24-12-22-20/h4-7,9,11-14,18,23H,8,10H2,1-3H3. The summed E-state index contributed by atoms with van der Waals surface area (Å²) in [5, 5.41) is 3.72. The molecule has 1 aliphatic rings. The number of thiazole rings is 1. The Morgan fingerprint density at radius 1 is 1.12 bits per heavy atom. The summed E-state index contributed by atoms with van der Waals surface area (Å²) in [7, 11) is 0. The quantitative estimate of drug-likeness (QED) is 0.637. The minimum atomic E-state index is 0.537. The van der Waals surface area contributed by atoms with Crippen LogP contribution in [0.4, 0.5) is 5.69 Å². The van der Waals surface area contributed by atoms with Gasteiger partial charge >= 0.3 is 0 Å². The molecule has 2 heterocycles.